The third-order valence-corrected chi connectivity index (χ3v) is 5.45. The second kappa shape index (κ2) is 9.15. The molecule has 0 aliphatic heterocycles. The Kier molecular flexibility index (Phi) is 6.16. The Morgan fingerprint density at radius 3 is 2.48 bits per heavy atom. The van der Waals surface area contributed by atoms with Gasteiger partial charge in [0.15, 0.2) is 0 Å². The van der Waals surface area contributed by atoms with Crippen molar-refractivity contribution in [3.05, 3.63) is 94.8 Å². The van der Waals surface area contributed by atoms with Gasteiger partial charge in [0.2, 0.25) is 0 Å². The van der Waals surface area contributed by atoms with Gasteiger partial charge in [-0.1, -0.05) is 48.0 Å². The summed E-state index contributed by atoms with van der Waals surface area (Å²) < 4.78 is 8.19. The predicted octanol–water partition coefficient (Wildman–Crippen LogP) is 6.45. The molecule has 0 amide bonds. The number of benzene rings is 3. The molecule has 29 heavy (non-hydrogen) atoms. The van der Waals surface area contributed by atoms with Crippen LogP contribution in [0.3, 0.4) is 0 Å². The van der Waals surface area contributed by atoms with Crippen molar-refractivity contribution in [2.45, 2.75) is 32.7 Å². The average molecular weight is 405 g/mol. The van der Waals surface area contributed by atoms with E-state index in [1.165, 1.54) is 16.6 Å². The molecule has 0 aliphatic carbocycles. The first-order chi connectivity index (χ1) is 14.2. The molecule has 0 aliphatic rings. The van der Waals surface area contributed by atoms with E-state index in [4.69, 9.17) is 21.3 Å². The number of hydrogen-bond donors (Lipinski definition) is 0. The van der Waals surface area contributed by atoms with Gasteiger partial charge in [-0.05, 0) is 67.3 Å². The van der Waals surface area contributed by atoms with E-state index in [9.17, 15) is 0 Å². The molecule has 0 unspecified atom stereocenters. The molecule has 0 fully saturated rings. The van der Waals surface area contributed by atoms with Crippen molar-refractivity contribution >= 4 is 22.6 Å². The first-order valence-corrected chi connectivity index (χ1v) is 10.5. The molecule has 1 aromatic heterocycles. The van der Waals surface area contributed by atoms with Crippen LogP contribution in [0.15, 0.2) is 72.8 Å². The summed E-state index contributed by atoms with van der Waals surface area (Å²) in [5.74, 6) is 1.99. The predicted molar refractivity (Wildman–Crippen MR) is 120 cm³/mol. The topological polar surface area (TPSA) is 27.1 Å². The Hall–Kier alpha value is -2.78. The highest BCUT2D eigenvalue weighted by molar-refractivity contribution is 6.30. The minimum Gasteiger partial charge on any atom is -0.494 e. The summed E-state index contributed by atoms with van der Waals surface area (Å²) in [5.41, 5.74) is 4.90. The normalized spacial score (nSPS) is 11.1. The lowest BCUT2D eigenvalue weighted by Crippen LogP contribution is -2.07. The molecule has 0 saturated heterocycles. The number of aryl methyl sites for hydroxylation is 2. The number of unbranched alkanes of at least 4 members (excludes halogenated alkanes) is 1. The molecule has 148 valence electrons. The third-order valence-electron chi connectivity index (χ3n) is 5.20. The van der Waals surface area contributed by atoms with Crippen molar-refractivity contribution < 1.29 is 4.74 Å². The van der Waals surface area contributed by atoms with E-state index in [0.29, 0.717) is 6.61 Å². The molecule has 4 aromatic rings. The zero-order valence-corrected chi connectivity index (χ0v) is 17.4. The summed E-state index contributed by atoms with van der Waals surface area (Å²) in [4.78, 5) is 4.92. The quantitative estimate of drug-likeness (QED) is 0.315. The highest BCUT2D eigenvalue weighted by atomic mass is 35.5. The van der Waals surface area contributed by atoms with E-state index in [-0.39, 0.29) is 0 Å². The van der Waals surface area contributed by atoms with Gasteiger partial charge in [-0.3, -0.25) is 0 Å². The van der Waals surface area contributed by atoms with Crippen LogP contribution in [0.1, 0.15) is 29.8 Å². The summed E-state index contributed by atoms with van der Waals surface area (Å²) in [7, 11) is 0. The van der Waals surface area contributed by atoms with Crippen molar-refractivity contribution in [2.75, 3.05) is 6.61 Å². The van der Waals surface area contributed by atoms with Gasteiger partial charge in [0.05, 0.1) is 17.6 Å². The Morgan fingerprint density at radius 1 is 0.897 bits per heavy atom. The molecule has 3 aromatic carbocycles. The SMILES string of the molecule is Cc1ccccc1Cc1nc2ccccc2n1CCCCOc1ccc(Cl)cc1. The van der Waals surface area contributed by atoms with Crippen molar-refractivity contribution in [3.8, 4) is 5.75 Å². The van der Waals surface area contributed by atoms with Crippen LogP contribution in [0.5, 0.6) is 5.75 Å². The lowest BCUT2D eigenvalue weighted by molar-refractivity contribution is 0.303. The van der Waals surface area contributed by atoms with Crippen molar-refractivity contribution in [2.24, 2.45) is 0 Å². The van der Waals surface area contributed by atoms with E-state index in [1.54, 1.807) is 0 Å². The van der Waals surface area contributed by atoms with E-state index in [1.807, 2.05) is 24.3 Å². The highest BCUT2D eigenvalue weighted by Crippen LogP contribution is 2.21. The fourth-order valence-electron chi connectivity index (χ4n) is 3.58. The highest BCUT2D eigenvalue weighted by Gasteiger charge is 2.11. The Balaban J connectivity index is 1.43. The second-order valence-corrected chi connectivity index (χ2v) is 7.72. The number of nitrogens with zero attached hydrogens (tertiary/aromatic N) is 2. The smallest absolute Gasteiger partial charge is 0.119 e. The van der Waals surface area contributed by atoms with E-state index in [2.05, 4.69) is 60.0 Å². The summed E-state index contributed by atoms with van der Waals surface area (Å²) in [5, 5.41) is 0.727. The van der Waals surface area contributed by atoms with Crippen molar-refractivity contribution in [3.63, 3.8) is 0 Å². The molecule has 0 radical (unpaired) electrons. The maximum absolute atomic E-state index is 5.92. The molecule has 0 bridgehead atoms. The van der Waals surface area contributed by atoms with Crippen LogP contribution < -0.4 is 4.74 Å². The number of halogens is 1. The van der Waals surface area contributed by atoms with Crippen LogP contribution in [0.2, 0.25) is 5.02 Å². The fourth-order valence-corrected chi connectivity index (χ4v) is 3.71. The lowest BCUT2D eigenvalue weighted by Gasteiger charge is -2.11. The van der Waals surface area contributed by atoms with Gasteiger partial charge < -0.3 is 9.30 Å². The van der Waals surface area contributed by atoms with Crippen LogP contribution in [0, 0.1) is 6.92 Å². The van der Waals surface area contributed by atoms with Gasteiger partial charge in [0, 0.05) is 18.0 Å². The molecule has 3 nitrogen and oxygen atoms in total. The van der Waals surface area contributed by atoms with Crippen LogP contribution in [-0.2, 0) is 13.0 Å². The molecular weight excluding hydrogens is 380 g/mol. The number of imidazole rings is 1. The number of ether oxygens (including phenoxy) is 1. The molecule has 0 saturated carbocycles. The van der Waals surface area contributed by atoms with Crippen LogP contribution in [0.4, 0.5) is 0 Å². The Labute approximate surface area is 176 Å². The summed E-state index contributed by atoms with van der Waals surface area (Å²) >= 11 is 5.92. The van der Waals surface area contributed by atoms with E-state index < -0.39 is 0 Å². The van der Waals surface area contributed by atoms with Gasteiger partial charge in [0.1, 0.15) is 11.6 Å². The Morgan fingerprint density at radius 2 is 1.66 bits per heavy atom. The summed E-state index contributed by atoms with van der Waals surface area (Å²) in [6.45, 7) is 3.80. The minimum absolute atomic E-state index is 0.696. The van der Waals surface area contributed by atoms with Crippen LogP contribution >= 0.6 is 11.6 Å². The number of para-hydroxylation sites is 2. The lowest BCUT2D eigenvalue weighted by atomic mass is 10.1. The second-order valence-electron chi connectivity index (χ2n) is 7.28. The number of fused-ring (bicyclic) bond motifs is 1. The number of aromatic nitrogens is 2. The van der Waals surface area contributed by atoms with E-state index >= 15 is 0 Å². The van der Waals surface area contributed by atoms with Crippen LogP contribution in [-0.4, -0.2) is 16.2 Å². The van der Waals surface area contributed by atoms with Gasteiger partial charge in [-0.2, -0.15) is 0 Å². The molecule has 0 atom stereocenters. The maximum atomic E-state index is 5.92. The Bertz CT molecular complexity index is 1090. The fraction of sp³-hybridized carbons (Fsp3) is 0.240. The zero-order valence-electron chi connectivity index (χ0n) is 16.6. The first kappa shape index (κ1) is 19.5. The van der Waals surface area contributed by atoms with Crippen molar-refractivity contribution in [1.29, 1.82) is 0 Å². The standard InChI is InChI=1S/C25H25ClN2O/c1-19-8-2-3-9-20(19)18-25-27-23-10-4-5-11-24(23)28(25)16-6-7-17-29-22-14-12-21(26)13-15-22/h2-5,8-15H,6-7,16-18H2,1H3. The summed E-state index contributed by atoms with van der Waals surface area (Å²) in [6.07, 6.45) is 2.87. The average Bonchev–Trinajstić information content (AvgIpc) is 3.08. The van der Waals surface area contributed by atoms with Gasteiger partial charge in [-0.25, -0.2) is 4.98 Å². The monoisotopic (exact) mass is 404 g/mol. The van der Waals surface area contributed by atoms with E-state index in [0.717, 1.165) is 47.9 Å². The number of rotatable bonds is 8. The zero-order chi connectivity index (χ0) is 20.1. The maximum Gasteiger partial charge on any atom is 0.119 e. The largest absolute Gasteiger partial charge is 0.494 e. The number of hydrogen-bond acceptors (Lipinski definition) is 2. The molecule has 0 spiro atoms. The van der Waals surface area contributed by atoms with Crippen molar-refractivity contribution in [1.82, 2.24) is 9.55 Å². The molecule has 0 N–H and O–H groups in total. The molecule has 4 rings (SSSR count). The van der Waals surface area contributed by atoms with Gasteiger partial charge in [-0.15, -0.1) is 0 Å². The third kappa shape index (κ3) is 4.80. The molecule has 4 heteroatoms. The molecular formula is C25H25ClN2O. The minimum atomic E-state index is 0.696. The molecule has 1 heterocycles. The van der Waals surface area contributed by atoms with Gasteiger partial charge >= 0.3 is 0 Å². The first-order valence-electron chi connectivity index (χ1n) is 10.1. The summed E-state index contributed by atoms with van der Waals surface area (Å²) in [6, 6.07) is 24.5. The van der Waals surface area contributed by atoms with Gasteiger partial charge in [0.25, 0.3) is 0 Å². The van der Waals surface area contributed by atoms with Crippen LogP contribution in [0.25, 0.3) is 11.0 Å².